The molecule has 150 valence electrons. The summed E-state index contributed by atoms with van der Waals surface area (Å²) >= 11 is 0. The minimum Gasteiger partial charge on any atom is -0.487 e. The molecule has 1 aromatic heterocycles. The lowest BCUT2D eigenvalue weighted by atomic mass is 10.0. The average Bonchev–Trinajstić information content (AvgIpc) is 2.73. The summed E-state index contributed by atoms with van der Waals surface area (Å²) < 4.78 is 5.95. The number of benzene rings is 2. The molecule has 0 aliphatic rings. The van der Waals surface area contributed by atoms with E-state index in [1.165, 1.54) is 0 Å². The van der Waals surface area contributed by atoms with Crippen molar-refractivity contribution in [3.8, 4) is 11.8 Å². The first kappa shape index (κ1) is 20.8. The summed E-state index contributed by atoms with van der Waals surface area (Å²) in [5.74, 6) is 0.346. The van der Waals surface area contributed by atoms with E-state index in [2.05, 4.69) is 10.3 Å². The highest BCUT2D eigenvalue weighted by Crippen LogP contribution is 2.27. The number of para-hydroxylation sites is 1. The van der Waals surface area contributed by atoms with Gasteiger partial charge in [0.2, 0.25) is 0 Å². The Morgan fingerprint density at radius 1 is 1.07 bits per heavy atom. The number of nitrogens with one attached hydrogen (secondary N) is 1. The van der Waals surface area contributed by atoms with E-state index >= 15 is 0 Å². The van der Waals surface area contributed by atoms with Gasteiger partial charge >= 0.3 is 0 Å². The summed E-state index contributed by atoms with van der Waals surface area (Å²) in [6.07, 6.45) is 3.33. The maximum Gasteiger partial charge on any atom is 0.266 e. The lowest BCUT2D eigenvalue weighted by molar-refractivity contribution is -0.112. The average molecular weight is 397 g/mol. The molecule has 0 saturated heterocycles. The standard InChI is InChI=1S/C25H23N3O2/c1-17-8-4-5-10-23(17)28-25(29)21(15-26)14-20-12-18(2)24(19(3)13-20)30-16-22-9-6-7-11-27-22/h4-14H,16H2,1-3H3,(H,28,29)/b21-14-. The first-order valence-corrected chi connectivity index (χ1v) is 9.60. The van der Waals surface area contributed by atoms with E-state index < -0.39 is 5.91 Å². The molecule has 0 aliphatic carbocycles. The van der Waals surface area contributed by atoms with Gasteiger partial charge in [0.25, 0.3) is 5.91 Å². The molecular weight excluding hydrogens is 374 g/mol. The van der Waals surface area contributed by atoms with Gasteiger partial charge in [0.1, 0.15) is 24.0 Å². The summed E-state index contributed by atoms with van der Waals surface area (Å²) in [4.78, 5) is 16.8. The first-order chi connectivity index (χ1) is 14.5. The number of anilines is 1. The molecule has 5 heteroatoms. The Morgan fingerprint density at radius 2 is 1.77 bits per heavy atom. The molecule has 0 radical (unpaired) electrons. The molecule has 2 aromatic carbocycles. The summed E-state index contributed by atoms with van der Waals surface area (Å²) in [5, 5.41) is 12.3. The summed E-state index contributed by atoms with van der Waals surface area (Å²) in [5.41, 5.74) is 5.13. The number of nitrogens with zero attached hydrogens (tertiary/aromatic N) is 2. The molecule has 0 bridgehead atoms. The quantitative estimate of drug-likeness (QED) is 0.462. The van der Waals surface area contributed by atoms with Crippen LogP contribution in [-0.2, 0) is 11.4 Å². The van der Waals surface area contributed by atoms with E-state index in [1.807, 2.05) is 81.4 Å². The van der Waals surface area contributed by atoms with Crippen molar-refractivity contribution in [2.24, 2.45) is 0 Å². The Bertz CT molecular complexity index is 1110. The van der Waals surface area contributed by atoms with E-state index in [0.717, 1.165) is 33.7 Å². The van der Waals surface area contributed by atoms with E-state index in [4.69, 9.17) is 4.74 Å². The van der Waals surface area contributed by atoms with Crippen LogP contribution in [0.15, 0.2) is 66.4 Å². The van der Waals surface area contributed by atoms with E-state index in [0.29, 0.717) is 12.3 Å². The first-order valence-electron chi connectivity index (χ1n) is 9.60. The number of pyridine rings is 1. The fourth-order valence-electron chi connectivity index (χ4n) is 3.14. The lowest BCUT2D eigenvalue weighted by Gasteiger charge is -2.13. The predicted octanol–water partition coefficient (Wildman–Crippen LogP) is 5.13. The van der Waals surface area contributed by atoms with Gasteiger partial charge in [-0.2, -0.15) is 5.26 Å². The van der Waals surface area contributed by atoms with Crippen molar-refractivity contribution in [1.82, 2.24) is 4.98 Å². The normalized spacial score (nSPS) is 10.9. The minimum absolute atomic E-state index is 0.0409. The number of carbonyl (C=O) groups is 1. The van der Waals surface area contributed by atoms with Gasteiger partial charge in [-0.3, -0.25) is 9.78 Å². The number of nitriles is 1. The molecule has 0 atom stereocenters. The summed E-state index contributed by atoms with van der Waals surface area (Å²) in [6.45, 7) is 6.16. The predicted molar refractivity (Wildman–Crippen MR) is 118 cm³/mol. The van der Waals surface area contributed by atoms with E-state index in [-0.39, 0.29) is 5.57 Å². The highest BCUT2D eigenvalue weighted by Gasteiger charge is 2.12. The molecule has 1 amide bonds. The molecule has 1 N–H and O–H groups in total. The zero-order chi connectivity index (χ0) is 21.5. The van der Waals surface area contributed by atoms with Crippen molar-refractivity contribution in [3.05, 3.63) is 94.3 Å². The van der Waals surface area contributed by atoms with Gasteiger partial charge in [-0.15, -0.1) is 0 Å². The molecule has 5 nitrogen and oxygen atoms in total. The maximum absolute atomic E-state index is 12.6. The largest absolute Gasteiger partial charge is 0.487 e. The van der Waals surface area contributed by atoms with Gasteiger partial charge in [0, 0.05) is 11.9 Å². The minimum atomic E-state index is -0.433. The van der Waals surface area contributed by atoms with Crippen molar-refractivity contribution >= 4 is 17.7 Å². The van der Waals surface area contributed by atoms with Crippen LogP contribution in [0.3, 0.4) is 0 Å². The Balaban J connectivity index is 1.79. The fourth-order valence-corrected chi connectivity index (χ4v) is 3.14. The second kappa shape index (κ2) is 9.53. The number of aromatic nitrogens is 1. The number of hydrogen-bond donors (Lipinski definition) is 1. The number of hydrogen-bond acceptors (Lipinski definition) is 4. The molecule has 0 saturated carbocycles. The van der Waals surface area contributed by atoms with Gasteiger partial charge in [0.05, 0.1) is 5.69 Å². The van der Waals surface area contributed by atoms with Gasteiger partial charge in [-0.25, -0.2) is 0 Å². The number of amides is 1. The Hall–Kier alpha value is -3.91. The van der Waals surface area contributed by atoms with Gasteiger partial charge in [0.15, 0.2) is 0 Å². The van der Waals surface area contributed by atoms with Crippen LogP contribution >= 0.6 is 0 Å². The molecule has 0 aliphatic heterocycles. The lowest BCUT2D eigenvalue weighted by Crippen LogP contribution is -2.14. The van der Waals surface area contributed by atoms with Crippen LogP contribution in [0.2, 0.25) is 0 Å². The number of rotatable bonds is 6. The van der Waals surface area contributed by atoms with E-state index in [1.54, 1.807) is 12.3 Å². The molecule has 30 heavy (non-hydrogen) atoms. The zero-order valence-corrected chi connectivity index (χ0v) is 17.3. The zero-order valence-electron chi connectivity index (χ0n) is 17.3. The van der Waals surface area contributed by atoms with Crippen LogP contribution in [0.4, 0.5) is 5.69 Å². The highest BCUT2D eigenvalue weighted by atomic mass is 16.5. The van der Waals surface area contributed by atoms with Crippen LogP contribution < -0.4 is 10.1 Å². The molecule has 0 fully saturated rings. The monoisotopic (exact) mass is 397 g/mol. The van der Waals surface area contributed by atoms with Gasteiger partial charge in [-0.05, 0) is 79.4 Å². The van der Waals surface area contributed by atoms with Crippen molar-refractivity contribution in [2.75, 3.05) is 5.32 Å². The topological polar surface area (TPSA) is 75.0 Å². The Kier molecular flexibility index (Phi) is 6.61. The van der Waals surface area contributed by atoms with Crippen molar-refractivity contribution in [3.63, 3.8) is 0 Å². The molecule has 3 aromatic rings. The van der Waals surface area contributed by atoms with Crippen LogP contribution in [0.5, 0.6) is 5.75 Å². The van der Waals surface area contributed by atoms with Crippen LogP contribution in [0.25, 0.3) is 6.08 Å². The Morgan fingerprint density at radius 3 is 2.40 bits per heavy atom. The van der Waals surface area contributed by atoms with Gasteiger partial charge in [-0.1, -0.05) is 24.3 Å². The van der Waals surface area contributed by atoms with Crippen LogP contribution in [0.1, 0.15) is 27.9 Å². The molecule has 0 spiro atoms. The number of carbonyl (C=O) groups excluding carboxylic acids is 1. The summed E-state index contributed by atoms with van der Waals surface area (Å²) in [6, 6.07) is 19.0. The molecule has 0 unspecified atom stereocenters. The van der Waals surface area contributed by atoms with Gasteiger partial charge < -0.3 is 10.1 Å². The van der Waals surface area contributed by atoms with Crippen molar-refractivity contribution < 1.29 is 9.53 Å². The molecule has 1 heterocycles. The van der Waals surface area contributed by atoms with Crippen molar-refractivity contribution in [2.45, 2.75) is 27.4 Å². The fraction of sp³-hybridized carbons (Fsp3) is 0.160. The third-order valence-electron chi connectivity index (χ3n) is 4.64. The highest BCUT2D eigenvalue weighted by molar-refractivity contribution is 6.10. The molecular formula is C25H23N3O2. The van der Waals surface area contributed by atoms with Crippen molar-refractivity contribution in [1.29, 1.82) is 5.26 Å². The van der Waals surface area contributed by atoms with Crippen LogP contribution in [-0.4, -0.2) is 10.9 Å². The third kappa shape index (κ3) is 5.12. The van der Waals surface area contributed by atoms with E-state index in [9.17, 15) is 10.1 Å². The smallest absolute Gasteiger partial charge is 0.266 e. The number of aryl methyl sites for hydroxylation is 3. The maximum atomic E-state index is 12.6. The summed E-state index contributed by atoms with van der Waals surface area (Å²) in [7, 11) is 0. The second-order valence-electron chi connectivity index (χ2n) is 7.03. The Labute approximate surface area is 176 Å². The SMILES string of the molecule is Cc1ccccc1NC(=O)/C(C#N)=C\c1cc(C)c(OCc2ccccn2)c(C)c1. The number of ether oxygens (including phenoxy) is 1. The second-order valence-corrected chi connectivity index (χ2v) is 7.03. The third-order valence-corrected chi connectivity index (χ3v) is 4.64. The molecule has 3 rings (SSSR count). The van der Waals surface area contributed by atoms with Crippen LogP contribution in [0, 0.1) is 32.1 Å².